The second-order valence-corrected chi connectivity index (χ2v) is 5.45. The third kappa shape index (κ3) is 3.17. The first-order valence-corrected chi connectivity index (χ1v) is 6.32. The van der Waals surface area contributed by atoms with Gasteiger partial charge in [-0.2, -0.15) is 5.10 Å². The van der Waals surface area contributed by atoms with Crippen molar-refractivity contribution in [2.75, 3.05) is 0 Å². The number of nitrogens with zero attached hydrogens (tertiary/aromatic N) is 1. The lowest BCUT2D eigenvalue weighted by Crippen LogP contribution is -2.33. The average Bonchev–Trinajstić information content (AvgIpc) is 2.89. The van der Waals surface area contributed by atoms with Gasteiger partial charge in [0.05, 0.1) is 11.8 Å². The highest BCUT2D eigenvalue weighted by atomic mass is 32.1. The van der Waals surface area contributed by atoms with Gasteiger partial charge >= 0.3 is 0 Å². The number of carbonyl (C=O) groups excluding carboxylic acids is 1. The molecule has 0 radical (unpaired) electrons. The SMILES string of the molecule is Cc1ccc(CC(C)NC(=O)c2cn[nH]c2)s1. The van der Waals surface area contributed by atoms with Crippen LogP contribution in [-0.2, 0) is 6.42 Å². The fourth-order valence-electron chi connectivity index (χ4n) is 1.63. The van der Waals surface area contributed by atoms with Crippen LogP contribution in [0, 0.1) is 6.92 Å². The number of aryl methyl sites for hydroxylation is 1. The number of thiophene rings is 1. The van der Waals surface area contributed by atoms with E-state index in [-0.39, 0.29) is 11.9 Å². The molecule has 17 heavy (non-hydrogen) atoms. The lowest BCUT2D eigenvalue weighted by molar-refractivity contribution is 0.0940. The van der Waals surface area contributed by atoms with E-state index in [2.05, 4.69) is 34.6 Å². The summed E-state index contributed by atoms with van der Waals surface area (Å²) in [6.45, 7) is 4.09. The molecule has 1 amide bonds. The Hall–Kier alpha value is -1.62. The first-order chi connectivity index (χ1) is 8.15. The van der Waals surface area contributed by atoms with Gasteiger partial charge in [0.15, 0.2) is 0 Å². The quantitative estimate of drug-likeness (QED) is 0.872. The van der Waals surface area contributed by atoms with Crippen LogP contribution in [0.3, 0.4) is 0 Å². The first-order valence-electron chi connectivity index (χ1n) is 5.50. The lowest BCUT2D eigenvalue weighted by Gasteiger charge is -2.11. The highest BCUT2D eigenvalue weighted by Crippen LogP contribution is 2.16. The monoisotopic (exact) mass is 249 g/mol. The zero-order valence-electron chi connectivity index (χ0n) is 9.86. The molecule has 2 heterocycles. The van der Waals surface area contributed by atoms with E-state index in [9.17, 15) is 4.79 Å². The Labute approximate surface area is 104 Å². The van der Waals surface area contributed by atoms with Crippen molar-refractivity contribution >= 4 is 17.2 Å². The fourth-order valence-corrected chi connectivity index (χ4v) is 2.65. The van der Waals surface area contributed by atoms with Gasteiger partial charge in [-0.25, -0.2) is 0 Å². The lowest BCUT2D eigenvalue weighted by atomic mass is 10.2. The molecule has 0 bridgehead atoms. The minimum absolute atomic E-state index is 0.0838. The van der Waals surface area contributed by atoms with Crippen LogP contribution in [0.2, 0.25) is 0 Å². The Morgan fingerprint density at radius 1 is 1.59 bits per heavy atom. The molecule has 2 aromatic rings. The van der Waals surface area contributed by atoms with Crippen molar-refractivity contribution in [3.05, 3.63) is 39.8 Å². The van der Waals surface area contributed by atoms with E-state index in [1.165, 1.54) is 16.0 Å². The van der Waals surface area contributed by atoms with Crippen molar-refractivity contribution in [3.8, 4) is 0 Å². The summed E-state index contributed by atoms with van der Waals surface area (Å²) >= 11 is 1.77. The van der Waals surface area contributed by atoms with Crippen molar-refractivity contribution in [3.63, 3.8) is 0 Å². The van der Waals surface area contributed by atoms with Crippen LogP contribution < -0.4 is 5.32 Å². The molecule has 2 rings (SSSR count). The maximum absolute atomic E-state index is 11.7. The van der Waals surface area contributed by atoms with Crippen LogP contribution in [0.5, 0.6) is 0 Å². The van der Waals surface area contributed by atoms with Crippen LogP contribution in [0.25, 0.3) is 0 Å². The molecule has 0 aliphatic heterocycles. The summed E-state index contributed by atoms with van der Waals surface area (Å²) in [6, 6.07) is 4.33. The molecule has 0 fully saturated rings. The minimum Gasteiger partial charge on any atom is -0.349 e. The molecule has 2 N–H and O–H groups in total. The normalized spacial score (nSPS) is 12.4. The second kappa shape index (κ2) is 5.14. The molecule has 0 spiro atoms. The molecular weight excluding hydrogens is 234 g/mol. The molecule has 0 aromatic carbocycles. The number of carbonyl (C=O) groups is 1. The standard InChI is InChI=1S/C12H15N3OS/c1-8(5-11-4-3-9(2)17-11)15-12(16)10-6-13-14-7-10/h3-4,6-8H,5H2,1-2H3,(H,13,14)(H,15,16). The molecule has 90 valence electrons. The van der Waals surface area contributed by atoms with E-state index < -0.39 is 0 Å². The molecule has 0 aliphatic rings. The van der Waals surface area contributed by atoms with Gasteiger partial charge in [0.2, 0.25) is 0 Å². The van der Waals surface area contributed by atoms with Crippen LogP contribution in [0.15, 0.2) is 24.5 Å². The second-order valence-electron chi connectivity index (χ2n) is 4.08. The van der Waals surface area contributed by atoms with Gasteiger partial charge in [-0.1, -0.05) is 0 Å². The van der Waals surface area contributed by atoms with E-state index in [4.69, 9.17) is 0 Å². The zero-order chi connectivity index (χ0) is 12.3. The first kappa shape index (κ1) is 11.9. The summed E-state index contributed by atoms with van der Waals surface area (Å²) in [6.07, 6.45) is 3.98. The number of nitrogens with one attached hydrogen (secondary N) is 2. The van der Waals surface area contributed by atoms with Crippen molar-refractivity contribution in [2.24, 2.45) is 0 Å². The Bertz CT molecular complexity index is 490. The Kier molecular flexibility index (Phi) is 3.58. The molecule has 1 atom stereocenters. The molecule has 0 saturated carbocycles. The summed E-state index contributed by atoms with van der Waals surface area (Å²) in [5.74, 6) is -0.0838. The number of aromatic amines is 1. The third-order valence-electron chi connectivity index (χ3n) is 2.44. The van der Waals surface area contributed by atoms with Crippen LogP contribution in [-0.4, -0.2) is 22.1 Å². The van der Waals surface area contributed by atoms with E-state index in [1.54, 1.807) is 17.5 Å². The molecule has 0 aliphatic carbocycles. The fraction of sp³-hybridized carbons (Fsp3) is 0.333. The number of hydrogen-bond donors (Lipinski definition) is 2. The number of hydrogen-bond acceptors (Lipinski definition) is 3. The van der Waals surface area contributed by atoms with E-state index in [1.807, 2.05) is 6.92 Å². The predicted octanol–water partition coefficient (Wildman–Crippen LogP) is 2.14. The van der Waals surface area contributed by atoms with Gasteiger partial charge in [-0.05, 0) is 26.0 Å². The van der Waals surface area contributed by atoms with Gasteiger partial charge in [-0.3, -0.25) is 9.89 Å². The predicted molar refractivity (Wildman–Crippen MR) is 68.3 cm³/mol. The van der Waals surface area contributed by atoms with Crippen LogP contribution >= 0.6 is 11.3 Å². The van der Waals surface area contributed by atoms with Gasteiger partial charge in [0.25, 0.3) is 5.91 Å². The summed E-state index contributed by atoms with van der Waals surface area (Å²) in [7, 11) is 0. The zero-order valence-corrected chi connectivity index (χ0v) is 10.7. The molecule has 0 saturated heterocycles. The smallest absolute Gasteiger partial charge is 0.254 e. The van der Waals surface area contributed by atoms with E-state index >= 15 is 0 Å². The highest BCUT2D eigenvalue weighted by Gasteiger charge is 2.11. The largest absolute Gasteiger partial charge is 0.349 e. The summed E-state index contributed by atoms with van der Waals surface area (Å²) < 4.78 is 0. The van der Waals surface area contributed by atoms with Crippen LogP contribution in [0.1, 0.15) is 27.0 Å². The molecule has 2 aromatic heterocycles. The number of amides is 1. The van der Waals surface area contributed by atoms with Crippen molar-refractivity contribution in [1.82, 2.24) is 15.5 Å². The van der Waals surface area contributed by atoms with Crippen LogP contribution in [0.4, 0.5) is 0 Å². The van der Waals surface area contributed by atoms with Crippen molar-refractivity contribution < 1.29 is 4.79 Å². The average molecular weight is 249 g/mol. The number of rotatable bonds is 4. The maximum atomic E-state index is 11.7. The summed E-state index contributed by atoms with van der Waals surface area (Å²) in [4.78, 5) is 14.3. The Morgan fingerprint density at radius 2 is 2.41 bits per heavy atom. The molecule has 1 unspecified atom stereocenters. The van der Waals surface area contributed by atoms with Gasteiger partial charge in [0, 0.05) is 28.4 Å². The topological polar surface area (TPSA) is 57.8 Å². The highest BCUT2D eigenvalue weighted by molar-refractivity contribution is 7.11. The van der Waals surface area contributed by atoms with E-state index in [0.29, 0.717) is 5.56 Å². The maximum Gasteiger partial charge on any atom is 0.254 e. The summed E-state index contributed by atoms with van der Waals surface area (Å²) in [5, 5.41) is 9.33. The molecular formula is C12H15N3OS. The van der Waals surface area contributed by atoms with Gasteiger partial charge < -0.3 is 5.32 Å². The van der Waals surface area contributed by atoms with Crippen molar-refractivity contribution in [2.45, 2.75) is 26.3 Å². The van der Waals surface area contributed by atoms with Crippen molar-refractivity contribution in [1.29, 1.82) is 0 Å². The molecule has 4 nitrogen and oxygen atoms in total. The Morgan fingerprint density at radius 3 is 3.00 bits per heavy atom. The summed E-state index contributed by atoms with van der Waals surface area (Å²) in [5.41, 5.74) is 0.569. The number of H-pyrrole nitrogens is 1. The third-order valence-corrected chi connectivity index (χ3v) is 3.46. The Balaban J connectivity index is 1.89. The minimum atomic E-state index is -0.0838. The molecule has 5 heteroatoms. The van der Waals surface area contributed by atoms with E-state index in [0.717, 1.165) is 6.42 Å². The van der Waals surface area contributed by atoms with Gasteiger partial charge in [0.1, 0.15) is 0 Å². The van der Waals surface area contributed by atoms with Gasteiger partial charge in [-0.15, -0.1) is 11.3 Å². The number of aromatic nitrogens is 2.